The van der Waals surface area contributed by atoms with Crippen molar-refractivity contribution in [2.24, 2.45) is 0 Å². The summed E-state index contributed by atoms with van der Waals surface area (Å²) in [5, 5.41) is 15.7. The minimum atomic E-state index is -0.907. The summed E-state index contributed by atoms with van der Waals surface area (Å²) >= 11 is 0. The number of nitrogens with one attached hydrogen (secondary N) is 2. The third kappa shape index (κ3) is 4.35. The van der Waals surface area contributed by atoms with E-state index >= 15 is 0 Å². The summed E-state index contributed by atoms with van der Waals surface area (Å²) in [5.74, 6) is -1.74. The molecule has 0 aliphatic heterocycles. The summed E-state index contributed by atoms with van der Waals surface area (Å²) in [7, 11) is 0. The molecule has 0 unspecified atom stereocenters. The quantitative estimate of drug-likeness (QED) is 0.434. The second-order valence-electron chi connectivity index (χ2n) is 7.34. The second kappa shape index (κ2) is 8.99. The maximum Gasteiger partial charge on any atom is 0.274 e. The Bertz CT molecular complexity index is 1270. The molecule has 2 aromatic heterocycles. The van der Waals surface area contributed by atoms with Crippen molar-refractivity contribution in [3.8, 4) is 0 Å². The zero-order valence-corrected chi connectivity index (χ0v) is 17.2. The van der Waals surface area contributed by atoms with Crippen LogP contribution < -0.4 is 10.6 Å². The first kappa shape index (κ1) is 21.2. The number of carbonyl (C=O) groups is 2. The Morgan fingerprint density at radius 3 is 2.56 bits per heavy atom. The fourth-order valence-corrected chi connectivity index (χ4v) is 3.36. The zero-order valence-electron chi connectivity index (χ0n) is 17.2. The van der Waals surface area contributed by atoms with Gasteiger partial charge in [0.25, 0.3) is 11.8 Å². The maximum absolute atomic E-state index is 14.4. The smallest absolute Gasteiger partial charge is 0.274 e. The number of pyridine rings is 1. The molecule has 0 aliphatic carbocycles. The number of anilines is 1. The number of hydrogen-bond acceptors (Lipinski definition) is 4. The van der Waals surface area contributed by atoms with Gasteiger partial charge in [-0.05, 0) is 42.8 Å². The largest absolute Gasteiger partial charge is 0.386 e. The lowest BCUT2D eigenvalue weighted by atomic mass is 10.0. The van der Waals surface area contributed by atoms with E-state index in [4.69, 9.17) is 0 Å². The molecule has 7 nitrogen and oxygen atoms in total. The molecule has 2 aromatic carbocycles. The molecular weight excluding hydrogens is 411 g/mol. The van der Waals surface area contributed by atoms with Gasteiger partial charge in [0.2, 0.25) is 0 Å². The Balaban J connectivity index is 1.49. The number of aromatic nitrogens is 2. The van der Waals surface area contributed by atoms with E-state index in [-0.39, 0.29) is 16.9 Å². The summed E-state index contributed by atoms with van der Waals surface area (Å²) in [5.41, 5.74) is 1.49. The molecule has 4 aromatic rings. The summed E-state index contributed by atoms with van der Waals surface area (Å²) in [4.78, 5) is 29.5. The van der Waals surface area contributed by atoms with Gasteiger partial charge in [0, 0.05) is 11.8 Å². The van der Waals surface area contributed by atoms with Crippen LogP contribution >= 0.6 is 0 Å². The Hall–Kier alpha value is -4.04. The molecule has 4 rings (SSSR count). The molecule has 8 heteroatoms. The lowest BCUT2D eigenvalue weighted by Crippen LogP contribution is -2.37. The first-order valence-corrected chi connectivity index (χ1v) is 10.0. The molecule has 0 bridgehead atoms. The van der Waals surface area contributed by atoms with Crippen LogP contribution in [0.5, 0.6) is 0 Å². The van der Waals surface area contributed by atoms with E-state index in [9.17, 15) is 19.1 Å². The fourth-order valence-electron chi connectivity index (χ4n) is 3.36. The van der Waals surface area contributed by atoms with Crippen LogP contribution in [-0.2, 0) is 0 Å². The van der Waals surface area contributed by atoms with E-state index in [1.54, 1.807) is 60.0 Å². The van der Waals surface area contributed by atoms with Crippen molar-refractivity contribution < 1.29 is 19.1 Å². The highest BCUT2D eigenvalue weighted by atomic mass is 19.1. The molecule has 2 atom stereocenters. The molecule has 0 spiro atoms. The Morgan fingerprint density at radius 1 is 1.03 bits per heavy atom. The SMILES string of the molecule is C[C@@H](NC(=O)c1ccc(F)c(NC(=O)c2cnc3ccccn23)c1)[C@H](O)c1ccccc1. The van der Waals surface area contributed by atoms with Crippen LogP contribution in [0, 0.1) is 5.82 Å². The van der Waals surface area contributed by atoms with Gasteiger partial charge in [0.15, 0.2) is 0 Å². The van der Waals surface area contributed by atoms with E-state index in [1.165, 1.54) is 18.3 Å². The zero-order chi connectivity index (χ0) is 22.7. The van der Waals surface area contributed by atoms with Gasteiger partial charge in [-0.25, -0.2) is 9.37 Å². The normalized spacial score (nSPS) is 12.8. The molecule has 0 saturated heterocycles. The highest BCUT2D eigenvalue weighted by Gasteiger charge is 2.20. The van der Waals surface area contributed by atoms with Crippen LogP contribution in [0.2, 0.25) is 0 Å². The van der Waals surface area contributed by atoms with Crippen LogP contribution in [-0.4, -0.2) is 32.3 Å². The molecule has 32 heavy (non-hydrogen) atoms. The third-order valence-electron chi connectivity index (χ3n) is 5.10. The Kier molecular flexibility index (Phi) is 5.96. The molecular formula is C24H21FN4O3. The average molecular weight is 432 g/mol. The predicted molar refractivity (Wildman–Crippen MR) is 118 cm³/mol. The highest BCUT2D eigenvalue weighted by molar-refractivity contribution is 6.04. The Labute approximate surface area is 183 Å². The lowest BCUT2D eigenvalue weighted by molar-refractivity contribution is 0.0851. The monoisotopic (exact) mass is 432 g/mol. The summed E-state index contributed by atoms with van der Waals surface area (Å²) in [6.45, 7) is 1.67. The number of benzene rings is 2. The van der Waals surface area contributed by atoms with E-state index in [0.717, 1.165) is 6.07 Å². The molecule has 0 radical (unpaired) electrons. The molecule has 0 aliphatic rings. The first-order valence-electron chi connectivity index (χ1n) is 10.0. The van der Waals surface area contributed by atoms with Gasteiger partial charge in [-0.2, -0.15) is 0 Å². The number of fused-ring (bicyclic) bond motifs is 1. The number of halogens is 1. The van der Waals surface area contributed by atoms with Gasteiger partial charge >= 0.3 is 0 Å². The average Bonchev–Trinajstić information content (AvgIpc) is 3.25. The molecule has 2 heterocycles. The summed E-state index contributed by atoms with van der Waals surface area (Å²) < 4.78 is 15.9. The van der Waals surface area contributed by atoms with Crippen LogP contribution in [0.4, 0.5) is 10.1 Å². The van der Waals surface area contributed by atoms with Gasteiger partial charge in [0.1, 0.15) is 17.2 Å². The van der Waals surface area contributed by atoms with Crippen molar-refractivity contribution in [3.63, 3.8) is 0 Å². The van der Waals surface area contributed by atoms with Crippen molar-refractivity contribution >= 4 is 23.1 Å². The number of amides is 2. The fraction of sp³-hybridized carbons (Fsp3) is 0.125. The number of aliphatic hydroxyl groups is 1. The van der Waals surface area contributed by atoms with Gasteiger partial charge in [-0.15, -0.1) is 0 Å². The number of hydrogen-bond donors (Lipinski definition) is 3. The number of carbonyl (C=O) groups excluding carboxylic acids is 2. The number of imidazole rings is 1. The topological polar surface area (TPSA) is 95.7 Å². The predicted octanol–water partition coefficient (Wildman–Crippen LogP) is 3.58. The minimum Gasteiger partial charge on any atom is -0.386 e. The Morgan fingerprint density at radius 2 is 1.78 bits per heavy atom. The van der Waals surface area contributed by atoms with Crippen molar-refractivity contribution in [1.29, 1.82) is 0 Å². The molecule has 0 saturated carbocycles. The second-order valence-corrected chi connectivity index (χ2v) is 7.34. The number of aliphatic hydroxyl groups excluding tert-OH is 1. The maximum atomic E-state index is 14.4. The van der Waals surface area contributed by atoms with Crippen LogP contribution in [0.25, 0.3) is 5.65 Å². The van der Waals surface area contributed by atoms with Crippen molar-refractivity contribution in [1.82, 2.24) is 14.7 Å². The van der Waals surface area contributed by atoms with E-state index in [2.05, 4.69) is 15.6 Å². The van der Waals surface area contributed by atoms with Crippen LogP contribution in [0.15, 0.2) is 79.1 Å². The third-order valence-corrected chi connectivity index (χ3v) is 5.10. The van der Waals surface area contributed by atoms with E-state index in [1.807, 2.05) is 6.07 Å². The van der Waals surface area contributed by atoms with Crippen molar-refractivity contribution in [3.05, 3.63) is 102 Å². The van der Waals surface area contributed by atoms with Crippen molar-refractivity contribution in [2.45, 2.75) is 19.1 Å². The first-order chi connectivity index (χ1) is 15.4. The standard InChI is InChI=1S/C24H21FN4O3/c1-15(22(30)16-7-3-2-4-8-16)27-23(31)17-10-11-18(25)19(13-17)28-24(32)20-14-26-21-9-5-6-12-29(20)21/h2-15,22,30H,1H3,(H,27,31)(H,28,32)/t15-,22+/m1/s1. The molecule has 0 fully saturated rings. The summed E-state index contributed by atoms with van der Waals surface area (Å²) in [6, 6.07) is 17.3. The molecule has 2 amide bonds. The van der Waals surface area contributed by atoms with Gasteiger partial charge in [0.05, 0.1) is 24.0 Å². The highest BCUT2D eigenvalue weighted by Crippen LogP contribution is 2.20. The van der Waals surface area contributed by atoms with Crippen LogP contribution in [0.1, 0.15) is 39.4 Å². The van der Waals surface area contributed by atoms with Crippen LogP contribution in [0.3, 0.4) is 0 Å². The van der Waals surface area contributed by atoms with Gasteiger partial charge in [-0.3, -0.25) is 14.0 Å². The van der Waals surface area contributed by atoms with Gasteiger partial charge < -0.3 is 15.7 Å². The van der Waals surface area contributed by atoms with Gasteiger partial charge in [-0.1, -0.05) is 36.4 Å². The molecule has 162 valence electrons. The van der Waals surface area contributed by atoms with E-state index < -0.39 is 29.8 Å². The molecule has 3 N–H and O–H groups in total. The lowest BCUT2D eigenvalue weighted by Gasteiger charge is -2.21. The number of nitrogens with zero attached hydrogens (tertiary/aromatic N) is 2. The minimum absolute atomic E-state index is 0.134. The van der Waals surface area contributed by atoms with Crippen molar-refractivity contribution in [2.75, 3.05) is 5.32 Å². The summed E-state index contributed by atoms with van der Waals surface area (Å²) in [6.07, 6.45) is 2.16. The number of rotatable bonds is 6. The van der Waals surface area contributed by atoms with E-state index in [0.29, 0.717) is 11.2 Å².